The number of hydrogen-bond donors (Lipinski definition) is 3. The minimum Gasteiger partial charge on any atom is -0.481 e. The second-order valence-corrected chi connectivity index (χ2v) is 2.52. The van der Waals surface area contributed by atoms with Crippen molar-refractivity contribution >= 4 is 5.97 Å². The Bertz CT molecular complexity index is 231. The first-order valence-corrected chi connectivity index (χ1v) is 3.84. The molecule has 1 aromatic rings. The molecule has 12 heavy (non-hydrogen) atoms. The number of rotatable bonds is 5. The number of aromatic nitrogens is 1. The molecule has 4 heteroatoms. The van der Waals surface area contributed by atoms with Gasteiger partial charge in [-0.1, -0.05) is 0 Å². The quantitative estimate of drug-likeness (QED) is 0.563. The third-order valence-electron chi connectivity index (χ3n) is 1.49. The summed E-state index contributed by atoms with van der Waals surface area (Å²) in [5.74, 6) is -0.769. The molecular weight excluding hydrogens is 156 g/mol. The maximum atomic E-state index is 10.1. The zero-order chi connectivity index (χ0) is 8.81. The van der Waals surface area contributed by atoms with E-state index in [0.29, 0.717) is 13.1 Å². The molecule has 0 saturated heterocycles. The molecule has 0 saturated carbocycles. The highest BCUT2D eigenvalue weighted by atomic mass is 16.4. The van der Waals surface area contributed by atoms with E-state index >= 15 is 0 Å². The molecule has 66 valence electrons. The van der Waals surface area contributed by atoms with Crippen LogP contribution in [0, 0.1) is 0 Å². The van der Waals surface area contributed by atoms with E-state index in [-0.39, 0.29) is 6.42 Å². The van der Waals surface area contributed by atoms with Crippen molar-refractivity contribution in [3.63, 3.8) is 0 Å². The molecule has 0 fully saturated rings. The fourth-order valence-electron chi connectivity index (χ4n) is 0.896. The van der Waals surface area contributed by atoms with Crippen LogP contribution in [0.1, 0.15) is 12.1 Å². The summed E-state index contributed by atoms with van der Waals surface area (Å²) in [6.07, 6.45) is 2.01. The van der Waals surface area contributed by atoms with Gasteiger partial charge in [0.1, 0.15) is 0 Å². The van der Waals surface area contributed by atoms with E-state index < -0.39 is 5.97 Å². The van der Waals surface area contributed by atoms with Gasteiger partial charge in [-0.25, -0.2) is 0 Å². The molecular formula is C8H12N2O2. The van der Waals surface area contributed by atoms with Gasteiger partial charge in [0.05, 0.1) is 6.42 Å². The predicted octanol–water partition coefficient (Wildman–Crippen LogP) is 0.579. The van der Waals surface area contributed by atoms with Crippen LogP contribution in [0.25, 0.3) is 0 Å². The number of carbonyl (C=O) groups is 1. The number of hydrogen-bond acceptors (Lipinski definition) is 2. The summed E-state index contributed by atoms with van der Waals surface area (Å²) in [6, 6.07) is 3.86. The van der Waals surface area contributed by atoms with Crippen LogP contribution < -0.4 is 5.32 Å². The Morgan fingerprint density at radius 1 is 1.67 bits per heavy atom. The first-order chi connectivity index (χ1) is 5.79. The normalized spacial score (nSPS) is 10.0. The fourth-order valence-corrected chi connectivity index (χ4v) is 0.896. The maximum absolute atomic E-state index is 10.1. The number of H-pyrrole nitrogens is 1. The minimum absolute atomic E-state index is 0.167. The molecule has 1 rings (SSSR count). The molecule has 0 bridgehead atoms. The number of nitrogens with one attached hydrogen (secondary N) is 2. The lowest BCUT2D eigenvalue weighted by Gasteiger charge is -1.99. The predicted molar refractivity (Wildman–Crippen MR) is 44.8 cm³/mol. The van der Waals surface area contributed by atoms with Gasteiger partial charge in [-0.2, -0.15) is 0 Å². The number of carboxylic acids is 1. The monoisotopic (exact) mass is 168 g/mol. The van der Waals surface area contributed by atoms with Crippen molar-refractivity contribution in [2.24, 2.45) is 0 Å². The molecule has 0 amide bonds. The van der Waals surface area contributed by atoms with Gasteiger partial charge in [0.2, 0.25) is 0 Å². The van der Waals surface area contributed by atoms with E-state index in [4.69, 9.17) is 5.11 Å². The molecule has 3 N–H and O–H groups in total. The number of aliphatic carboxylic acids is 1. The summed E-state index contributed by atoms with van der Waals surface area (Å²) < 4.78 is 0. The first kappa shape index (κ1) is 8.80. The van der Waals surface area contributed by atoms with Crippen molar-refractivity contribution in [3.8, 4) is 0 Å². The van der Waals surface area contributed by atoms with E-state index in [1.807, 2.05) is 18.3 Å². The lowest BCUT2D eigenvalue weighted by molar-refractivity contribution is -0.136. The van der Waals surface area contributed by atoms with Crippen molar-refractivity contribution in [1.29, 1.82) is 0 Å². The summed E-state index contributed by atoms with van der Waals surface area (Å²) in [7, 11) is 0. The van der Waals surface area contributed by atoms with Gasteiger partial charge in [0, 0.05) is 25.0 Å². The highest BCUT2D eigenvalue weighted by molar-refractivity contribution is 5.66. The number of carboxylic acid groups (broad SMARTS) is 1. The highest BCUT2D eigenvalue weighted by Gasteiger charge is 1.95. The van der Waals surface area contributed by atoms with Crippen LogP contribution in [0.2, 0.25) is 0 Å². The van der Waals surface area contributed by atoms with Gasteiger partial charge in [-0.3, -0.25) is 4.79 Å². The summed E-state index contributed by atoms with van der Waals surface area (Å²) in [5, 5.41) is 11.3. The van der Waals surface area contributed by atoms with Crippen LogP contribution in [0.15, 0.2) is 18.3 Å². The van der Waals surface area contributed by atoms with E-state index in [1.54, 1.807) is 0 Å². The third-order valence-corrected chi connectivity index (χ3v) is 1.49. The van der Waals surface area contributed by atoms with Gasteiger partial charge >= 0.3 is 5.97 Å². The minimum atomic E-state index is -0.769. The molecule has 0 spiro atoms. The molecule has 1 aromatic heterocycles. The lowest BCUT2D eigenvalue weighted by atomic mass is 10.4. The average molecular weight is 168 g/mol. The molecule has 0 unspecified atom stereocenters. The largest absolute Gasteiger partial charge is 0.481 e. The van der Waals surface area contributed by atoms with Crippen molar-refractivity contribution in [1.82, 2.24) is 10.3 Å². The van der Waals surface area contributed by atoms with Crippen LogP contribution in [-0.4, -0.2) is 22.6 Å². The standard InChI is InChI=1S/C8H12N2O2/c11-8(12)3-5-9-6-7-2-1-4-10-7/h1-2,4,9-10H,3,5-6H2,(H,11,12). The van der Waals surface area contributed by atoms with Crippen molar-refractivity contribution in [3.05, 3.63) is 24.0 Å². The van der Waals surface area contributed by atoms with Crippen LogP contribution in [0.4, 0.5) is 0 Å². The smallest absolute Gasteiger partial charge is 0.304 e. The molecule has 0 radical (unpaired) electrons. The van der Waals surface area contributed by atoms with E-state index in [2.05, 4.69) is 10.3 Å². The van der Waals surface area contributed by atoms with E-state index in [9.17, 15) is 4.79 Å². The van der Waals surface area contributed by atoms with Crippen LogP contribution in [0.3, 0.4) is 0 Å². The topological polar surface area (TPSA) is 65.1 Å². The Morgan fingerprint density at radius 2 is 2.50 bits per heavy atom. The van der Waals surface area contributed by atoms with Gasteiger partial charge in [-0.05, 0) is 12.1 Å². The Balaban J connectivity index is 2.07. The van der Waals surface area contributed by atoms with Crippen molar-refractivity contribution in [2.45, 2.75) is 13.0 Å². The summed E-state index contributed by atoms with van der Waals surface area (Å²) in [5.41, 5.74) is 1.07. The highest BCUT2D eigenvalue weighted by Crippen LogP contribution is 1.92. The fraction of sp³-hybridized carbons (Fsp3) is 0.375. The Kier molecular flexibility index (Phi) is 3.35. The second-order valence-electron chi connectivity index (χ2n) is 2.52. The molecule has 4 nitrogen and oxygen atoms in total. The second kappa shape index (κ2) is 4.56. The molecule has 0 aromatic carbocycles. The van der Waals surface area contributed by atoms with E-state index in [1.165, 1.54) is 0 Å². The van der Waals surface area contributed by atoms with Gasteiger partial charge in [-0.15, -0.1) is 0 Å². The summed E-state index contributed by atoms with van der Waals surface area (Å²) in [4.78, 5) is 13.1. The molecule has 0 aliphatic heterocycles. The number of aromatic amines is 1. The van der Waals surface area contributed by atoms with Crippen LogP contribution in [0.5, 0.6) is 0 Å². The Hall–Kier alpha value is -1.29. The SMILES string of the molecule is O=C(O)CCNCc1ccc[nH]1. The van der Waals surface area contributed by atoms with Gasteiger partial charge in [0.25, 0.3) is 0 Å². The average Bonchev–Trinajstić information content (AvgIpc) is 2.49. The van der Waals surface area contributed by atoms with E-state index in [0.717, 1.165) is 5.69 Å². The molecule has 0 aliphatic rings. The zero-order valence-corrected chi connectivity index (χ0v) is 6.71. The summed E-state index contributed by atoms with van der Waals surface area (Å²) in [6.45, 7) is 1.20. The third kappa shape index (κ3) is 3.21. The van der Waals surface area contributed by atoms with Crippen LogP contribution in [-0.2, 0) is 11.3 Å². The van der Waals surface area contributed by atoms with Crippen molar-refractivity contribution in [2.75, 3.05) is 6.54 Å². The molecule has 0 atom stereocenters. The first-order valence-electron chi connectivity index (χ1n) is 3.84. The molecule has 1 heterocycles. The Morgan fingerprint density at radius 3 is 3.08 bits per heavy atom. The van der Waals surface area contributed by atoms with Gasteiger partial charge < -0.3 is 15.4 Å². The van der Waals surface area contributed by atoms with Crippen LogP contribution >= 0.6 is 0 Å². The van der Waals surface area contributed by atoms with Crippen molar-refractivity contribution < 1.29 is 9.90 Å². The van der Waals surface area contributed by atoms with Gasteiger partial charge in [0.15, 0.2) is 0 Å². The lowest BCUT2D eigenvalue weighted by Crippen LogP contribution is -2.17. The summed E-state index contributed by atoms with van der Waals surface area (Å²) >= 11 is 0. The zero-order valence-electron chi connectivity index (χ0n) is 6.71. The Labute approximate surface area is 70.6 Å². The molecule has 0 aliphatic carbocycles. The maximum Gasteiger partial charge on any atom is 0.304 e.